The minimum atomic E-state index is 0. The Kier molecular flexibility index (Phi) is 15.9. The predicted molar refractivity (Wildman–Crippen MR) is 83.4 cm³/mol. The molecule has 24 heavy (non-hydrogen) atoms. The summed E-state index contributed by atoms with van der Waals surface area (Å²) >= 11 is 0. The zero-order valence-corrected chi connectivity index (χ0v) is 22.6. The maximum absolute atomic E-state index is 11.2. The number of rotatable bonds is 6. The molecule has 0 saturated heterocycles. The van der Waals surface area contributed by atoms with Crippen LogP contribution in [0.2, 0.25) is 0 Å². The number of carbonyl (C=O) groups excluding carboxylic acids is 1. The van der Waals surface area contributed by atoms with E-state index in [0.29, 0.717) is 5.57 Å². The Bertz CT molecular complexity index is 581. The topological polar surface area (TPSA) is 26.3 Å². The summed E-state index contributed by atoms with van der Waals surface area (Å²) in [5, 5.41) is 0. The van der Waals surface area contributed by atoms with Crippen molar-refractivity contribution in [2.75, 3.05) is 0 Å². The molecule has 0 aliphatic heterocycles. The third kappa shape index (κ3) is 7.69. The molecule has 1 aromatic rings. The maximum Gasteiger partial charge on any atom is 0 e. The molecule has 2 rings (SSSR count). The molecule has 2 nitrogen and oxygen atoms in total. The standard InChI is InChI=1S/C19H18O2.3Y/c1-4-14(2)15(3)12-21-13-19(11-20)18-9-16-7-5-6-8-17(16)10-18;;;/h5-9,12-13,18H,1,10H2,2-3H3;;;/q-4;;;/b15-14?,19-13-;;;. The first-order chi connectivity index (χ1) is 10.2. The van der Waals surface area contributed by atoms with Gasteiger partial charge in [0.15, 0.2) is 0 Å². The summed E-state index contributed by atoms with van der Waals surface area (Å²) < 4.78 is 5.39. The van der Waals surface area contributed by atoms with Crippen molar-refractivity contribution < 1.29 is 108 Å². The van der Waals surface area contributed by atoms with E-state index in [0.717, 1.165) is 17.6 Å². The van der Waals surface area contributed by atoms with Crippen LogP contribution in [0.1, 0.15) is 25.0 Å². The van der Waals surface area contributed by atoms with E-state index < -0.39 is 0 Å². The Labute approximate surface area is 221 Å². The largest absolute Gasteiger partial charge is 0.659 e. The van der Waals surface area contributed by atoms with Crippen LogP contribution < -0.4 is 0 Å². The van der Waals surface area contributed by atoms with E-state index in [2.05, 4.69) is 31.2 Å². The smallest absolute Gasteiger partial charge is 0 e. The van der Waals surface area contributed by atoms with Gasteiger partial charge in [0, 0.05) is 98.1 Å². The minimum absolute atomic E-state index is 0. The van der Waals surface area contributed by atoms with Crippen LogP contribution in [-0.4, -0.2) is 6.29 Å². The average Bonchev–Trinajstić information content (AvgIpc) is 2.94. The summed E-state index contributed by atoms with van der Waals surface area (Å²) in [5.74, 6) is 0.0321. The molecule has 0 saturated carbocycles. The molecule has 0 aromatic heterocycles. The van der Waals surface area contributed by atoms with Crippen LogP contribution in [0.25, 0.3) is 0 Å². The zero-order chi connectivity index (χ0) is 15.2. The number of hydrogen-bond donors (Lipinski definition) is 0. The van der Waals surface area contributed by atoms with Crippen LogP contribution in [-0.2, 0) is 114 Å². The second-order valence-electron chi connectivity index (χ2n) is 5.09. The monoisotopic (exact) mass is 545 g/mol. The molecule has 0 fully saturated rings. The van der Waals surface area contributed by atoms with Gasteiger partial charge >= 0.3 is 0 Å². The van der Waals surface area contributed by atoms with Gasteiger partial charge < -0.3 is 26.8 Å². The summed E-state index contributed by atoms with van der Waals surface area (Å²) in [6.07, 6.45) is 9.16. The van der Waals surface area contributed by atoms with E-state index in [9.17, 15) is 4.79 Å². The number of ether oxygens (including phenoxy) is 1. The molecule has 0 amide bonds. The number of fused-ring (bicyclic) bond motifs is 1. The Balaban J connectivity index is 0. The van der Waals surface area contributed by atoms with Gasteiger partial charge in [-0.15, -0.1) is 31.5 Å². The van der Waals surface area contributed by atoms with E-state index in [1.54, 1.807) is 6.61 Å². The Morgan fingerprint density at radius 2 is 2.00 bits per heavy atom. The van der Waals surface area contributed by atoms with Crippen molar-refractivity contribution in [1.82, 2.24) is 0 Å². The summed E-state index contributed by atoms with van der Waals surface area (Å²) in [6.45, 7) is 8.98. The van der Waals surface area contributed by atoms with Crippen LogP contribution in [0, 0.1) is 25.0 Å². The zero-order valence-electron chi connectivity index (χ0n) is 14.1. The first kappa shape index (κ1) is 27.2. The molecule has 1 aliphatic carbocycles. The van der Waals surface area contributed by atoms with Gasteiger partial charge in [0.25, 0.3) is 0 Å². The molecule has 1 atom stereocenters. The van der Waals surface area contributed by atoms with Crippen LogP contribution in [0.5, 0.6) is 0 Å². The minimum Gasteiger partial charge on any atom is -0.659 e. The van der Waals surface area contributed by atoms with Crippen molar-refractivity contribution >= 4 is 6.29 Å². The first-order valence-electron chi connectivity index (χ1n) is 6.86. The third-order valence-corrected chi connectivity index (χ3v) is 3.69. The van der Waals surface area contributed by atoms with Gasteiger partial charge in [-0.3, -0.25) is 0 Å². The van der Waals surface area contributed by atoms with Gasteiger partial charge in [-0.05, 0) is 6.29 Å². The Hall–Kier alpha value is 0.962. The van der Waals surface area contributed by atoms with Gasteiger partial charge in [0.1, 0.15) is 0 Å². The van der Waals surface area contributed by atoms with Crippen molar-refractivity contribution in [3.05, 3.63) is 84.1 Å². The van der Waals surface area contributed by atoms with Crippen LogP contribution in [0.3, 0.4) is 0 Å². The van der Waals surface area contributed by atoms with E-state index in [1.807, 2.05) is 32.3 Å². The van der Waals surface area contributed by atoms with Gasteiger partial charge in [-0.2, -0.15) is 30.2 Å². The van der Waals surface area contributed by atoms with Crippen LogP contribution in [0.15, 0.2) is 53.8 Å². The quantitative estimate of drug-likeness (QED) is 0.235. The molecule has 0 N–H and O–H groups in total. The third-order valence-electron chi connectivity index (χ3n) is 3.69. The molecular formula is C19H18O2Y3-4. The molecule has 3 radical (unpaired) electrons. The molecule has 1 aromatic carbocycles. The second kappa shape index (κ2) is 14.1. The van der Waals surface area contributed by atoms with E-state index in [-0.39, 0.29) is 104 Å². The van der Waals surface area contributed by atoms with Crippen molar-refractivity contribution in [3.63, 3.8) is 0 Å². The molecule has 0 heterocycles. The molecule has 5 heteroatoms. The second-order valence-corrected chi connectivity index (χ2v) is 5.09. The van der Waals surface area contributed by atoms with Crippen LogP contribution in [0.4, 0.5) is 0 Å². The van der Waals surface area contributed by atoms with E-state index in [1.165, 1.54) is 17.4 Å². The summed E-state index contributed by atoms with van der Waals surface area (Å²) in [4.78, 5) is 11.2. The summed E-state index contributed by atoms with van der Waals surface area (Å²) in [7, 11) is 0. The normalized spacial score (nSPS) is 15.9. The SMILES string of the molecule is C=[C-]C(C)=C(C)[CH-]O/C=C(/[C-]=O)C1[CH-]c2ccccc2C1.[Y].[Y].[Y]. The van der Waals surface area contributed by atoms with Gasteiger partial charge in [-0.25, -0.2) is 6.58 Å². The fraction of sp³-hybridized carbons (Fsp3) is 0.211. The molecule has 1 unspecified atom stereocenters. The van der Waals surface area contributed by atoms with Gasteiger partial charge in [0.05, 0.1) is 0 Å². The van der Waals surface area contributed by atoms with Gasteiger partial charge in [-0.1, -0.05) is 24.7 Å². The molecule has 119 valence electrons. The first-order valence-corrected chi connectivity index (χ1v) is 6.86. The fourth-order valence-corrected chi connectivity index (χ4v) is 2.22. The van der Waals surface area contributed by atoms with E-state index >= 15 is 0 Å². The van der Waals surface area contributed by atoms with Gasteiger partial charge in [0.2, 0.25) is 0 Å². The fourth-order valence-electron chi connectivity index (χ4n) is 2.22. The van der Waals surface area contributed by atoms with Crippen molar-refractivity contribution in [1.29, 1.82) is 0 Å². The molecule has 1 aliphatic rings. The summed E-state index contributed by atoms with van der Waals surface area (Å²) in [6, 6.07) is 8.15. The molecular weight excluding hydrogens is 527 g/mol. The Morgan fingerprint density at radius 1 is 1.33 bits per heavy atom. The van der Waals surface area contributed by atoms with E-state index in [4.69, 9.17) is 4.74 Å². The van der Waals surface area contributed by atoms with Crippen molar-refractivity contribution in [2.45, 2.75) is 20.3 Å². The predicted octanol–water partition coefficient (Wildman–Crippen LogP) is 3.90. The number of benzene rings is 1. The number of hydrogen-bond acceptors (Lipinski definition) is 2. The average molecular weight is 545 g/mol. The van der Waals surface area contributed by atoms with Crippen LogP contribution >= 0.6 is 0 Å². The van der Waals surface area contributed by atoms with Crippen molar-refractivity contribution in [2.24, 2.45) is 5.92 Å². The van der Waals surface area contributed by atoms with Crippen molar-refractivity contribution in [3.8, 4) is 0 Å². The molecule has 0 spiro atoms. The maximum atomic E-state index is 11.2. The Morgan fingerprint density at radius 3 is 2.58 bits per heavy atom. The summed E-state index contributed by atoms with van der Waals surface area (Å²) in [5.41, 5.74) is 4.79. The molecule has 0 bridgehead atoms. The number of allylic oxidation sites excluding steroid dienone is 3.